The summed E-state index contributed by atoms with van der Waals surface area (Å²) in [5, 5.41) is 3.71. The number of aryl methyl sites for hydroxylation is 1. The second-order valence-electron chi connectivity index (χ2n) is 5.83. The summed E-state index contributed by atoms with van der Waals surface area (Å²) >= 11 is 0. The second-order valence-corrected chi connectivity index (χ2v) is 5.83. The third-order valence-corrected chi connectivity index (χ3v) is 4.68. The van der Waals surface area contributed by atoms with Gasteiger partial charge in [0, 0.05) is 18.0 Å². The molecule has 1 aromatic rings. The average molecular weight is 261 g/mol. The second kappa shape index (κ2) is 5.96. The van der Waals surface area contributed by atoms with Gasteiger partial charge in [-0.3, -0.25) is 0 Å². The average Bonchev–Trinajstić information content (AvgIpc) is 3.26. The first-order valence-electron chi connectivity index (χ1n) is 7.53. The molecule has 1 fully saturated rings. The molecule has 106 valence electrons. The molecule has 0 aromatic heterocycles. The summed E-state index contributed by atoms with van der Waals surface area (Å²) in [7, 11) is 1.76. The third-order valence-electron chi connectivity index (χ3n) is 4.68. The molecule has 0 bridgehead atoms. The molecule has 2 rings (SSSR count). The number of benzene rings is 1. The summed E-state index contributed by atoms with van der Waals surface area (Å²) in [4.78, 5) is 0. The fraction of sp³-hybridized carbons (Fsp3) is 0.647. The molecule has 1 aromatic carbocycles. The van der Waals surface area contributed by atoms with Crippen LogP contribution in [0.1, 0.15) is 50.7 Å². The molecule has 0 spiro atoms. The van der Waals surface area contributed by atoms with Gasteiger partial charge in [0.25, 0.3) is 0 Å². The van der Waals surface area contributed by atoms with Gasteiger partial charge in [-0.15, -0.1) is 0 Å². The van der Waals surface area contributed by atoms with E-state index in [0.717, 1.165) is 31.2 Å². The monoisotopic (exact) mass is 261 g/mol. The van der Waals surface area contributed by atoms with E-state index in [4.69, 9.17) is 4.74 Å². The molecule has 1 aliphatic rings. The zero-order chi connectivity index (χ0) is 13.9. The smallest absolute Gasteiger partial charge is 0.122 e. The number of rotatable bonds is 7. The number of methoxy groups -OCH3 is 1. The van der Waals surface area contributed by atoms with E-state index < -0.39 is 0 Å². The first-order chi connectivity index (χ1) is 9.15. The Morgan fingerprint density at radius 1 is 1.26 bits per heavy atom. The first kappa shape index (κ1) is 14.4. The largest absolute Gasteiger partial charge is 0.496 e. The van der Waals surface area contributed by atoms with Crippen molar-refractivity contribution in [2.75, 3.05) is 13.7 Å². The number of hydrogen-bond acceptors (Lipinski definition) is 2. The van der Waals surface area contributed by atoms with Gasteiger partial charge in [0.05, 0.1) is 7.11 Å². The maximum Gasteiger partial charge on any atom is 0.122 e. The molecule has 0 aliphatic heterocycles. The molecule has 1 aliphatic carbocycles. The molecule has 1 saturated carbocycles. The molecule has 0 saturated heterocycles. The topological polar surface area (TPSA) is 21.3 Å². The molecule has 0 unspecified atom stereocenters. The lowest BCUT2D eigenvalue weighted by Gasteiger charge is -2.33. The van der Waals surface area contributed by atoms with Gasteiger partial charge in [-0.05, 0) is 49.8 Å². The van der Waals surface area contributed by atoms with Crippen LogP contribution in [0.3, 0.4) is 0 Å². The van der Waals surface area contributed by atoms with Gasteiger partial charge in [0.15, 0.2) is 0 Å². The Morgan fingerprint density at radius 2 is 1.95 bits per heavy atom. The highest BCUT2D eigenvalue weighted by molar-refractivity contribution is 5.40. The summed E-state index contributed by atoms with van der Waals surface area (Å²) in [5.74, 6) is 1.01. The van der Waals surface area contributed by atoms with E-state index in [2.05, 4.69) is 44.3 Å². The third kappa shape index (κ3) is 3.11. The molecular weight excluding hydrogens is 234 g/mol. The van der Waals surface area contributed by atoms with Crippen molar-refractivity contribution >= 4 is 0 Å². The minimum atomic E-state index is 0.240. The molecule has 19 heavy (non-hydrogen) atoms. The van der Waals surface area contributed by atoms with E-state index in [1.54, 1.807) is 7.11 Å². The highest BCUT2D eigenvalue weighted by Crippen LogP contribution is 2.35. The minimum absolute atomic E-state index is 0.240. The lowest BCUT2D eigenvalue weighted by atomic mass is 9.75. The molecule has 0 amide bonds. The zero-order valence-electron chi connectivity index (χ0n) is 12.8. The molecule has 0 radical (unpaired) electrons. The summed E-state index contributed by atoms with van der Waals surface area (Å²) in [6.07, 6.45) is 5.02. The van der Waals surface area contributed by atoms with Crippen molar-refractivity contribution in [3.8, 4) is 5.75 Å². The van der Waals surface area contributed by atoms with Crippen LogP contribution in [-0.2, 0) is 5.41 Å². The predicted octanol–water partition coefficient (Wildman–Crippen LogP) is 3.81. The molecular formula is C17H27NO. The standard InChI is InChI=1S/C17H27NO/c1-5-17(6-2,12-18-15-9-10-15)14-8-7-13(3)16(11-14)19-4/h7-8,11,15,18H,5-6,9-10,12H2,1-4H3. The highest BCUT2D eigenvalue weighted by Gasteiger charge is 2.31. The van der Waals surface area contributed by atoms with Crippen molar-refractivity contribution in [2.45, 2.75) is 57.9 Å². The lowest BCUT2D eigenvalue weighted by molar-refractivity contribution is 0.362. The van der Waals surface area contributed by atoms with Crippen LogP contribution >= 0.6 is 0 Å². The Hall–Kier alpha value is -1.02. The maximum atomic E-state index is 5.49. The van der Waals surface area contributed by atoms with Crippen LogP contribution in [0.15, 0.2) is 18.2 Å². The van der Waals surface area contributed by atoms with Crippen molar-refractivity contribution in [3.05, 3.63) is 29.3 Å². The van der Waals surface area contributed by atoms with Gasteiger partial charge in [-0.1, -0.05) is 26.0 Å². The van der Waals surface area contributed by atoms with Gasteiger partial charge in [-0.2, -0.15) is 0 Å². The number of ether oxygens (including phenoxy) is 1. The van der Waals surface area contributed by atoms with Crippen LogP contribution in [0, 0.1) is 6.92 Å². The molecule has 0 atom stereocenters. The molecule has 2 heteroatoms. The maximum absolute atomic E-state index is 5.49. The van der Waals surface area contributed by atoms with Gasteiger partial charge >= 0.3 is 0 Å². The van der Waals surface area contributed by atoms with Crippen molar-refractivity contribution in [2.24, 2.45) is 0 Å². The molecule has 1 N–H and O–H groups in total. The van der Waals surface area contributed by atoms with E-state index in [0.29, 0.717) is 0 Å². The van der Waals surface area contributed by atoms with Crippen LogP contribution in [0.4, 0.5) is 0 Å². The van der Waals surface area contributed by atoms with E-state index >= 15 is 0 Å². The van der Waals surface area contributed by atoms with Gasteiger partial charge in [0.2, 0.25) is 0 Å². The first-order valence-corrected chi connectivity index (χ1v) is 7.53. The summed E-state index contributed by atoms with van der Waals surface area (Å²) in [6.45, 7) is 7.77. The van der Waals surface area contributed by atoms with Gasteiger partial charge < -0.3 is 10.1 Å². The predicted molar refractivity (Wildman–Crippen MR) is 81.0 cm³/mol. The van der Waals surface area contributed by atoms with Crippen molar-refractivity contribution in [3.63, 3.8) is 0 Å². The van der Waals surface area contributed by atoms with Crippen LogP contribution in [0.25, 0.3) is 0 Å². The highest BCUT2D eigenvalue weighted by atomic mass is 16.5. The molecule has 2 nitrogen and oxygen atoms in total. The van der Waals surface area contributed by atoms with Crippen LogP contribution in [-0.4, -0.2) is 19.7 Å². The summed E-state index contributed by atoms with van der Waals surface area (Å²) in [5.41, 5.74) is 2.86. The number of hydrogen-bond donors (Lipinski definition) is 1. The van der Waals surface area contributed by atoms with Crippen LogP contribution in [0.5, 0.6) is 5.75 Å². The Kier molecular flexibility index (Phi) is 4.51. The van der Waals surface area contributed by atoms with E-state index in [1.165, 1.54) is 24.0 Å². The Bertz CT molecular complexity index is 419. The summed E-state index contributed by atoms with van der Waals surface area (Å²) < 4.78 is 5.49. The van der Waals surface area contributed by atoms with E-state index in [9.17, 15) is 0 Å². The fourth-order valence-electron chi connectivity index (χ4n) is 2.79. The van der Waals surface area contributed by atoms with Crippen molar-refractivity contribution in [1.29, 1.82) is 0 Å². The van der Waals surface area contributed by atoms with Gasteiger partial charge in [0.1, 0.15) is 5.75 Å². The normalized spacial score (nSPS) is 15.6. The lowest BCUT2D eigenvalue weighted by Crippen LogP contribution is -2.38. The van der Waals surface area contributed by atoms with Crippen LogP contribution < -0.4 is 10.1 Å². The molecule has 0 heterocycles. The Balaban J connectivity index is 2.25. The number of nitrogens with one attached hydrogen (secondary N) is 1. The van der Waals surface area contributed by atoms with E-state index in [-0.39, 0.29) is 5.41 Å². The summed E-state index contributed by atoms with van der Waals surface area (Å²) in [6, 6.07) is 7.46. The SMILES string of the molecule is CCC(CC)(CNC1CC1)c1ccc(C)c(OC)c1. The van der Waals surface area contributed by atoms with Crippen molar-refractivity contribution < 1.29 is 4.74 Å². The quantitative estimate of drug-likeness (QED) is 0.806. The fourth-order valence-corrected chi connectivity index (χ4v) is 2.79. The minimum Gasteiger partial charge on any atom is -0.496 e. The van der Waals surface area contributed by atoms with E-state index in [1.807, 2.05) is 0 Å². The van der Waals surface area contributed by atoms with Crippen molar-refractivity contribution in [1.82, 2.24) is 5.32 Å². The van der Waals surface area contributed by atoms with Crippen LogP contribution in [0.2, 0.25) is 0 Å². The Labute approximate surface area is 117 Å². The van der Waals surface area contributed by atoms with Gasteiger partial charge in [-0.25, -0.2) is 0 Å². The Morgan fingerprint density at radius 3 is 2.47 bits per heavy atom. The zero-order valence-corrected chi connectivity index (χ0v) is 12.8.